The van der Waals surface area contributed by atoms with Crippen LogP contribution in [0, 0.1) is 11.7 Å². The third-order valence-corrected chi connectivity index (χ3v) is 3.60. The Labute approximate surface area is 107 Å². The fraction of sp³-hybridized carbons (Fsp3) is 0.571. The zero-order valence-electron chi connectivity index (χ0n) is 10.8. The maximum atomic E-state index is 13.3. The Kier molecular flexibility index (Phi) is 4.19. The first-order chi connectivity index (χ1) is 8.61. The van der Waals surface area contributed by atoms with E-state index in [1.165, 1.54) is 12.1 Å². The summed E-state index contributed by atoms with van der Waals surface area (Å²) in [5, 5.41) is 9.27. The third kappa shape index (κ3) is 2.82. The predicted molar refractivity (Wildman–Crippen MR) is 71.0 cm³/mol. The van der Waals surface area contributed by atoms with E-state index in [1.807, 2.05) is 6.92 Å². The van der Waals surface area contributed by atoms with Gasteiger partial charge < -0.3 is 15.7 Å². The lowest BCUT2D eigenvalue weighted by Gasteiger charge is -2.35. The topological polar surface area (TPSA) is 49.5 Å². The maximum Gasteiger partial charge on any atom is 0.123 e. The highest BCUT2D eigenvalue weighted by Gasteiger charge is 2.22. The summed E-state index contributed by atoms with van der Waals surface area (Å²) in [6.45, 7) is 3.85. The summed E-state index contributed by atoms with van der Waals surface area (Å²) in [5.41, 5.74) is 7.76. The summed E-state index contributed by atoms with van der Waals surface area (Å²) in [6.07, 6.45) is 2.11. The molecule has 1 saturated heterocycles. The van der Waals surface area contributed by atoms with Gasteiger partial charge in [0.2, 0.25) is 0 Å². The second kappa shape index (κ2) is 5.67. The standard InChI is InChI=1S/C14H21FN2O/c1-10(16)13-7-12(15)4-5-14(13)17-6-2-3-11(8-17)9-18/h4-5,7,10-11,18H,2-3,6,8-9,16H2,1H3/t10-,11?/m1/s1. The van der Waals surface area contributed by atoms with Crippen molar-refractivity contribution in [1.29, 1.82) is 0 Å². The molecule has 0 aromatic heterocycles. The highest BCUT2D eigenvalue weighted by Crippen LogP contribution is 2.29. The second-order valence-electron chi connectivity index (χ2n) is 5.13. The van der Waals surface area contributed by atoms with Crippen LogP contribution in [0.3, 0.4) is 0 Å². The SMILES string of the molecule is C[C@@H](N)c1cc(F)ccc1N1CCCC(CO)C1. The molecule has 0 aliphatic carbocycles. The van der Waals surface area contributed by atoms with Crippen LogP contribution in [0.25, 0.3) is 0 Å². The number of hydrogen-bond acceptors (Lipinski definition) is 3. The highest BCUT2D eigenvalue weighted by molar-refractivity contribution is 5.55. The minimum absolute atomic E-state index is 0.190. The van der Waals surface area contributed by atoms with Crippen molar-refractivity contribution in [3.8, 4) is 0 Å². The third-order valence-electron chi connectivity index (χ3n) is 3.60. The molecule has 1 aromatic rings. The number of piperidine rings is 1. The van der Waals surface area contributed by atoms with Crippen molar-refractivity contribution in [3.63, 3.8) is 0 Å². The molecule has 0 bridgehead atoms. The molecule has 100 valence electrons. The van der Waals surface area contributed by atoms with Crippen LogP contribution in [-0.2, 0) is 0 Å². The molecule has 0 amide bonds. The van der Waals surface area contributed by atoms with Crippen molar-refractivity contribution in [2.75, 3.05) is 24.6 Å². The number of benzene rings is 1. The van der Waals surface area contributed by atoms with Crippen LogP contribution in [0.2, 0.25) is 0 Å². The molecular weight excluding hydrogens is 231 g/mol. The molecule has 1 unspecified atom stereocenters. The number of nitrogens with zero attached hydrogens (tertiary/aromatic N) is 1. The molecule has 1 aromatic carbocycles. The summed E-state index contributed by atoms with van der Waals surface area (Å²) in [5.74, 6) is 0.0616. The Morgan fingerprint density at radius 2 is 2.33 bits per heavy atom. The lowest BCUT2D eigenvalue weighted by Crippen LogP contribution is -2.37. The number of nitrogens with two attached hydrogens (primary N) is 1. The molecule has 1 aliphatic heterocycles. The molecule has 2 rings (SSSR count). The first-order valence-electron chi connectivity index (χ1n) is 6.52. The molecule has 1 heterocycles. The number of halogens is 1. The van der Waals surface area contributed by atoms with E-state index in [-0.39, 0.29) is 18.5 Å². The minimum atomic E-state index is -0.248. The maximum absolute atomic E-state index is 13.3. The Morgan fingerprint density at radius 3 is 3.00 bits per heavy atom. The van der Waals surface area contributed by atoms with Gasteiger partial charge in [0.25, 0.3) is 0 Å². The zero-order valence-corrected chi connectivity index (χ0v) is 10.8. The van der Waals surface area contributed by atoms with Gasteiger partial charge in [0.1, 0.15) is 5.82 Å². The van der Waals surface area contributed by atoms with Gasteiger partial charge in [-0.15, -0.1) is 0 Å². The fourth-order valence-corrected chi connectivity index (χ4v) is 2.61. The van der Waals surface area contributed by atoms with E-state index >= 15 is 0 Å². The molecule has 0 saturated carbocycles. The first kappa shape index (κ1) is 13.3. The molecule has 3 N–H and O–H groups in total. The van der Waals surface area contributed by atoms with Crippen LogP contribution in [-0.4, -0.2) is 24.8 Å². The van der Waals surface area contributed by atoms with E-state index < -0.39 is 0 Å². The van der Waals surface area contributed by atoms with E-state index in [0.717, 1.165) is 37.2 Å². The predicted octanol–water partition coefficient (Wildman–Crippen LogP) is 2.05. The number of aliphatic hydroxyl groups excluding tert-OH is 1. The van der Waals surface area contributed by atoms with Crippen LogP contribution in [0.1, 0.15) is 31.4 Å². The summed E-state index contributed by atoms with van der Waals surface area (Å²) in [4.78, 5) is 2.21. The van der Waals surface area contributed by atoms with Gasteiger partial charge in [-0.1, -0.05) is 0 Å². The van der Waals surface area contributed by atoms with Gasteiger partial charge in [-0.25, -0.2) is 4.39 Å². The van der Waals surface area contributed by atoms with Crippen molar-refractivity contribution in [2.45, 2.75) is 25.8 Å². The lowest BCUT2D eigenvalue weighted by atomic mass is 9.96. The van der Waals surface area contributed by atoms with Gasteiger partial charge in [-0.05, 0) is 49.4 Å². The van der Waals surface area contributed by atoms with Crippen LogP contribution in [0.4, 0.5) is 10.1 Å². The number of hydrogen-bond donors (Lipinski definition) is 2. The molecule has 1 aliphatic rings. The van der Waals surface area contributed by atoms with Crippen LogP contribution in [0.15, 0.2) is 18.2 Å². The average molecular weight is 252 g/mol. The summed E-state index contributed by atoms with van der Waals surface area (Å²) >= 11 is 0. The number of aliphatic hydroxyl groups is 1. The van der Waals surface area contributed by atoms with Gasteiger partial charge >= 0.3 is 0 Å². The molecule has 0 radical (unpaired) electrons. The molecule has 3 nitrogen and oxygen atoms in total. The molecular formula is C14H21FN2O. The normalized spacial score (nSPS) is 22.0. The molecule has 2 atom stereocenters. The lowest BCUT2D eigenvalue weighted by molar-refractivity contribution is 0.208. The van der Waals surface area contributed by atoms with Crippen molar-refractivity contribution in [2.24, 2.45) is 11.7 Å². The monoisotopic (exact) mass is 252 g/mol. The van der Waals surface area contributed by atoms with Crippen molar-refractivity contribution >= 4 is 5.69 Å². The van der Waals surface area contributed by atoms with Gasteiger partial charge in [-0.3, -0.25) is 0 Å². The summed E-state index contributed by atoms with van der Waals surface area (Å²) in [7, 11) is 0. The number of rotatable bonds is 3. The van der Waals surface area contributed by atoms with E-state index in [9.17, 15) is 9.50 Å². The number of anilines is 1. The Morgan fingerprint density at radius 1 is 1.56 bits per heavy atom. The fourth-order valence-electron chi connectivity index (χ4n) is 2.61. The van der Waals surface area contributed by atoms with Crippen LogP contribution >= 0.6 is 0 Å². The molecule has 0 spiro atoms. The van der Waals surface area contributed by atoms with E-state index in [0.29, 0.717) is 5.92 Å². The van der Waals surface area contributed by atoms with Gasteiger partial charge in [-0.2, -0.15) is 0 Å². The smallest absolute Gasteiger partial charge is 0.123 e. The minimum Gasteiger partial charge on any atom is -0.396 e. The highest BCUT2D eigenvalue weighted by atomic mass is 19.1. The van der Waals surface area contributed by atoms with E-state index in [4.69, 9.17) is 5.73 Å². The summed E-state index contributed by atoms with van der Waals surface area (Å²) in [6, 6.07) is 4.60. The van der Waals surface area contributed by atoms with Crippen LogP contribution in [0.5, 0.6) is 0 Å². The quantitative estimate of drug-likeness (QED) is 0.865. The zero-order chi connectivity index (χ0) is 13.1. The summed E-state index contributed by atoms with van der Waals surface area (Å²) < 4.78 is 13.3. The van der Waals surface area contributed by atoms with Gasteiger partial charge in [0.05, 0.1) is 0 Å². The average Bonchev–Trinajstić information content (AvgIpc) is 2.38. The van der Waals surface area contributed by atoms with Gasteiger partial charge in [0, 0.05) is 31.4 Å². The van der Waals surface area contributed by atoms with E-state index in [1.54, 1.807) is 6.07 Å². The second-order valence-corrected chi connectivity index (χ2v) is 5.13. The molecule has 18 heavy (non-hydrogen) atoms. The van der Waals surface area contributed by atoms with Gasteiger partial charge in [0.15, 0.2) is 0 Å². The Balaban J connectivity index is 2.26. The van der Waals surface area contributed by atoms with E-state index in [2.05, 4.69) is 4.90 Å². The Hall–Kier alpha value is -1.13. The van der Waals surface area contributed by atoms with Crippen LogP contribution < -0.4 is 10.6 Å². The largest absolute Gasteiger partial charge is 0.396 e. The Bertz CT molecular complexity index is 409. The first-order valence-corrected chi connectivity index (χ1v) is 6.52. The molecule has 1 fully saturated rings. The van der Waals surface area contributed by atoms with Crippen molar-refractivity contribution < 1.29 is 9.50 Å². The van der Waals surface area contributed by atoms with Crippen molar-refractivity contribution in [3.05, 3.63) is 29.6 Å². The van der Waals surface area contributed by atoms with Crippen molar-refractivity contribution in [1.82, 2.24) is 0 Å². The molecule has 4 heteroatoms.